The zero-order chi connectivity index (χ0) is 23.6. The highest BCUT2D eigenvalue weighted by molar-refractivity contribution is 6.30. The van der Waals surface area contributed by atoms with E-state index in [0.29, 0.717) is 18.0 Å². The van der Waals surface area contributed by atoms with Gasteiger partial charge in [0, 0.05) is 24.0 Å². The molecule has 0 heterocycles. The molecule has 2 amide bonds. The number of carbonyl (C=O) groups excluding carboxylic acids is 2. The van der Waals surface area contributed by atoms with Gasteiger partial charge >= 0.3 is 0 Å². The Morgan fingerprint density at radius 3 is 2.09 bits per heavy atom. The van der Waals surface area contributed by atoms with Crippen LogP contribution in [0.3, 0.4) is 0 Å². The molecule has 4 nitrogen and oxygen atoms in total. The van der Waals surface area contributed by atoms with Crippen molar-refractivity contribution >= 4 is 23.4 Å². The quantitative estimate of drug-likeness (QED) is 0.436. The van der Waals surface area contributed by atoms with Crippen molar-refractivity contribution < 1.29 is 9.59 Å². The lowest BCUT2D eigenvalue weighted by molar-refractivity contribution is -0.141. The Morgan fingerprint density at radius 2 is 1.48 bits per heavy atom. The second-order valence-corrected chi connectivity index (χ2v) is 8.77. The van der Waals surface area contributed by atoms with Crippen LogP contribution in [-0.2, 0) is 29.0 Å². The van der Waals surface area contributed by atoms with Gasteiger partial charge in [-0.2, -0.15) is 0 Å². The third kappa shape index (κ3) is 7.47. The fourth-order valence-corrected chi connectivity index (χ4v) is 3.91. The Balaban J connectivity index is 1.96. The minimum Gasteiger partial charge on any atom is -0.352 e. The van der Waals surface area contributed by atoms with Gasteiger partial charge < -0.3 is 10.2 Å². The molecule has 5 heteroatoms. The molecule has 0 spiro atoms. The lowest BCUT2D eigenvalue weighted by Crippen LogP contribution is -2.52. The van der Waals surface area contributed by atoms with Gasteiger partial charge in [0.05, 0.1) is 6.42 Å². The van der Waals surface area contributed by atoms with E-state index >= 15 is 0 Å². The van der Waals surface area contributed by atoms with Crippen LogP contribution in [0.5, 0.6) is 0 Å². The summed E-state index contributed by atoms with van der Waals surface area (Å²) in [6.07, 6.45) is 1.48. The largest absolute Gasteiger partial charge is 0.352 e. The van der Waals surface area contributed by atoms with Crippen LogP contribution in [0.2, 0.25) is 5.02 Å². The van der Waals surface area contributed by atoms with E-state index in [2.05, 4.69) is 5.32 Å². The number of nitrogens with one attached hydrogen (secondary N) is 1. The molecule has 0 fully saturated rings. The van der Waals surface area contributed by atoms with Gasteiger partial charge in [-0.25, -0.2) is 0 Å². The van der Waals surface area contributed by atoms with E-state index in [-0.39, 0.29) is 24.3 Å². The summed E-state index contributed by atoms with van der Waals surface area (Å²) in [5, 5.41) is 3.69. The van der Waals surface area contributed by atoms with E-state index in [9.17, 15) is 9.59 Å². The third-order valence-corrected chi connectivity index (χ3v) is 5.95. The first-order valence-corrected chi connectivity index (χ1v) is 11.8. The van der Waals surface area contributed by atoms with Gasteiger partial charge in [0.1, 0.15) is 6.04 Å². The van der Waals surface area contributed by atoms with Crippen molar-refractivity contribution in [3.8, 4) is 0 Å². The third-order valence-electron chi connectivity index (χ3n) is 5.71. The van der Waals surface area contributed by atoms with Crippen LogP contribution in [0.25, 0.3) is 0 Å². The molecule has 0 radical (unpaired) electrons. The first-order chi connectivity index (χ1) is 16.0. The number of halogens is 1. The Hall–Kier alpha value is -3.11. The summed E-state index contributed by atoms with van der Waals surface area (Å²) < 4.78 is 0. The fourth-order valence-electron chi connectivity index (χ4n) is 3.70. The predicted molar refractivity (Wildman–Crippen MR) is 134 cm³/mol. The molecule has 0 aliphatic heterocycles. The second kappa shape index (κ2) is 12.2. The summed E-state index contributed by atoms with van der Waals surface area (Å²) in [4.78, 5) is 28.7. The fraction of sp³-hybridized carbons (Fsp3) is 0.286. The van der Waals surface area contributed by atoms with Crippen LogP contribution in [0, 0.1) is 0 Å². The smallest absolute Gasteiger partial charge is 0.243 e. The van der Waals surface area contributed by atoms with E-state index < -0.39 is 6.04 Å². The summed E-state index contributed by atoms with van der Waals surface area (Å²) in [7, 11) is 0. The van der Waals surface area contributed by atoms with Crippen molar-refractivity contribution in [2.75, 3.05) is 0 Å². The van der Waals surface area contributed by atoms with Crippen molar-refractivity contribution in [2.24, 2.45) is 0 Å². The summed E-state index contributed by atoms with van der Waals surface area (Å²) in [6.45, 7) is 4.31. The number of benzene rings is 3. The van der Waals surface area contributed by atoms with Crippen molar-refractivity contribution in [1.29, 1.82) is 0 Å². The Bertz CT molecular complexity index is 1040. The number of hydrogen-bond acceptors (Lipinski definition) is 2. The maximum Gasteiger partial charge on any atom is 0.243 e. The van der Waals surface area contributed by atoms with E-state index in [4.69, 9.17) is 11.6 Å². The van der Waals surface area contributed by atoms with Gasteiger partial charge in [0.15, 0.2) is 0 Å². The molecule has 2 atom stereocenters. The molecular formula is C28H31ClN2O2. The summed E-state index contributed by atoms with van der Waals surface area (Å²) >= 11 is 6.21. The molecule has 33 heavy (non-hydrogen) atoms. The van der Waals surface area contributed by atoms with Crippen molar-refractivity contribution in [1.82, 2.24) is 10.2 Å². The normalized spacial score (nSPS) is 12.6. The predicted octanol–water partition coefficient (Wildman–Crippen LogP) is 5.44. The van der Waals surface area contributed by atoms with Gasteiger partial charge in [0.2, 0.25) is 11.8 Å². The number of hydrogen-bond donors (Lipinski definition) is 1. The van der Waals surface area contributed by atoms with Crippen LogP contribution in [-0.4, -0.2) is 28.8 Å². The molecule has 3 rings (SSSR count). The standard InChI is InChI=1S/C28H31ClN2O2/c1-3-21(2)30-28(33)26(18-22-11-6-4-7-12-22)31(20-24-15-10-16-25(29)17-24)27(32)19-23-13-8-5-9-14-23/h4-17,21,26H,3,18-20H2,1-2H3,(H,30,33)/t21-,26+/m1/s1. The highest BCUT2D eigenvalue weighted by Gasteiger charge is 2.31. The Morgan fingerprint density at radius 1 is 0.879 bits per heavy atom. The average molecular weight is 463 g/mol. The number of amides is 2. The van der Waals surface area contributed by atoms with E-state index in [0.717, 1.165) is 23.1 Å². The van der Waals surface area contributed by atoms with Crippen molar-refractivity contribution in [3.05, 3.63) is 107 Å². The maximum absolute atomic E-state index is 13.6. The minimum atomic E-state index is -0.642. The molecule has 0 saturated heterocycles. The monoisotopic (exact) mass is 462 g/mol. The molecule has 172 valence electrons. The molecule has 0 aromatic heterocycles. The number of carbonyl (C=O) groups is 2. The topological polar surface area (TPSA) is 49.4 Å². The van der Waals surface area contributed by atoms with Gasteiger partial charge in [-0.1, -0.05) is 91.3 Å². The van der Waals surface area contributed by atoms with Gasteiger partial charge in [-0.3, -0.25) is 9.59 Å². The number of rotatable bonds is 10. The first kappa shape index (κ1) is 24.5. The van der Waals surface area contributed by atoms with Crippen LogP contribution < -0.4 is 5.32 Å². The first-order valence-electron chi connectivity index (χ1n) is 11.4. The lowest BCUT2D eigenvalue weighted by Gasteiger charge is -2.32. The van der Waals surface area contributed by atoms with Crippen molar-refractivity contribution in [3.63, 3.8) is 0 Å². The maximum atomic E-state index is 13.6. The second-order valence-electron chi connectivity index (χ2n) is 8.34. The molecular weight excluding hydrogens is 432 g/mol. The minimum absolute atomic E-state index is 0.0213. The Labute approximate surface area is 201 Å². The summed E-state index contributed by atoms with van der Waals surface area (Å²) in [5.74, 6) is -0.238. The summed E-state index contributed by atoms with van der Waals surface area (Å²) in [5.41, 5.74) is 2.81. The van der Waals surface area contributed by atoms with Gasteiger partial charge in [-0.15, -0.1) is 0 Å². The summed E-state index contributed by atoms with van der Waals surface area (Å²) in [6, 6.07) is 26.3. The van der Waals surface area contributed by atoms with E-state index in [1.165, 1.54) is 0 Å². The number of nitrogens with zero attached hydrogens (tertiary/aromatic N) is 1. The van der Waals surface area contributed by atoms with Crippen LogP contribution in [0.15, 0.2) is 84.9 Å². The Kier molecular flexibility index (Phi) is 9.08. The highest BCUT2D eigenvalue weighted by atomic mass is 35.5. The lowest BCUT2D eigenvalue weighted by atomic mass is 10.0. The highest BCUT2D eigenvalue weighted by Crippen LogP contribution is 2.19. The molecule has 0 aliphatic carbocycles. The van der Waals surface area contributed by atoms with Crippen LogP contribution in [0.1, 0.15) is 37.0 Å². The zero-order valence-electron chi connectivity index (χ0n) is 19.2. The van der Waals surface area contributed by atoms with Crippen LogP contribution in [0.4, 0.5) is 0 Å². The van der Waals surface area contributed by atoms with Gasteiger partial charge in [-0.05, 0) is 42.2 Å². The molecule has 0 bridgehead atoms. The van der Waals surface area contributed by atoms with E-state index in [1.54, 1.807) is 11.0 Å². The van der Waals surface area contributed by atoms with Gasteiger partial charge in [0.25, 0.3) is 0 Å². The van der Waals surface area contributed by atoms with Crippen LogP contribution >= 0.6 is 11.6 Å². The molecule has 0 saturated carbocycles. The molecule has 3 aromatic carbocycles. The molecule has 0 aliphatic rings. The van der Waals surface area contributed by atoms with E-state index in [1.807, 2.05) is 92.7 Å². The zero-order valence-corrected chi connectivity index (χ0v) is 20.0. The van der Waals surface area contributed by atoms with Crippen molar-refractivity contribution in [2.45, 2.75) is 51.7 Å². The molecule has 3 aromatic rings. The average Bonchev–Trinajstić information content (AvgIpc) is 2.82. The molecule has 0 unspecified atom stereocenters. The SMILES string of the molecule is CC[C@@H](C)NC(=O)[C@H](Cc1ccccc1)N(Cc1cccc(Cl)c1)C(=O)Cc1ccccc1. The molecule has 1 N–H and O–H groups in total.